The highest BCUT2D eigenvalue weighted by Gasteiger charge is 2.26. The number of hydrogen-bond acceptors (Lipinski definition) is 4. The summed E-state index contributed by atoms with van der Waals surface area (Å²) in [5, 5.41) is 12.8. The SMILES string of the molecule is O=C(CCN(CCO)C1CCCc2ccccc21)N1CCNCC1. The van der Waals surface area contributed by atoms with Gasteiger partial charge in [-0.15, -0.1) is 0 Å². The van der Waals surface area contributed by atoms with Crippen LogP contribution in [-0.4, -0.2) is 66.7 Å². The molecule has 24 heavy (non-hydrogen) atoms. The lowest BCUT2D eigenvalue weighted by molar-refractivity contribution is -0.132. The molecule has 1 heterocycles. The number of carbonyl (C=O) groups excluding carboxylic acids is 1. The summed E-state index contributed by atoms with van der Waals surface area (Å²) in [4.78, 5) is 16.7. The van der Waals surface area contributed by atoms with Gasteiger partial charge in [0.25, 0.3) is 0 Å². The summed E-state index contributed by atoms with van der Waals surface area (Å²) >= 11 is 0. The van der Waals surface area contributed by atoms with Gasteiger partial charge in [-0.25, -0.2) is 0 Å². The number of fused-ring (bicyclic) bond motifs is 1. The standard InChI is InChI=1S/C19H29N3O2/c23-15-14-21(11-8-19(24)22-12-9-20-10-13-22)18-7-3-5-16-4-1-2-6-17(16)18/h1-2,4,6,18,20,23H,3,5,7-15H2. The highest BCUT2D eigenvalue weighted by atomic mass is 16.3. The van der Waals surface area contributed by atoms with Crippen LogP contribution in [-0.2, 0) is 11.2 Å². The van der Waals surface area contributed by atoms with Crippen molar-refractivity contribution in [1.82, 2.24) is 15.1 Å². The molecule has 1 atom stereocenters. The second-order valence-electron chi connectivity index (χ2n) is 6.75. The van der Waals surface area contributed by atoms with Gasteiger partial charge in [0, 0.05) is 51.7 Å². The Kier molecular flexibility index (Phi) is 6.24. The van der Waals surface area contributed by atoms with Gasteiger partial charge in [-0.05, 0) is 30.4 Å². The molecule has 0 aromatic heterocycles. The van der Waals surface area contributed by atoms with Crippen molar-refractivity contribution >= 4 is 5.91 Å². The van der Waals surface area contributed by atoms with Crippen molar-refractivity contribution in [3.05, 3.63) is 35.4 Å². The summed E-state index contributed by atoms with van der Waals surface area (Å²) in [7, 11) is 0. The van der Waals surface area contributed by atoms with E-state index in [0.717, 1.165) is 45.6 Å². The van der Waals surface area contributed by atoms with Crippen molar-refractivity contribution in [2.75, 3.05) is 45.9 Å². The Balaban J connectivity index is 1.63. The van der Waals surface area contributed by atoms with Gasteiger partial charge >= 0.3 is 0 Å². The molecule has 5 heteroatoms. The van der Waals surface area contributed by atoms with Crippen LogP contribution in [0.4, 0.5) is 0 Å². The monoisotopic (exact) mass is 331 g/mol. The van der Waals surface area contributed by atoms with E-state index < -0.39 is 0 Å². The van der Waals surface area contributed by atoms with Gasteiger partial charge in [0.2, 0.25) is 5.91 Å². The number of aliphatic hydroxyl groups is 1. The first-order valence-corrected chi connectivity index (χ1v) is 9.21. The number of aliphatic hydroxyl groups excluding tert-OH is 1. The third kappa shape index (κ3) is 4.15. The molecule has 0 radical (unpaired) electrons. The van der Waals surface area contributed by atoms with Crippen LogP contribution in [0, 0.1) is 0 Å². The second kappa shape index (κ2) is 8.60. The van der Waals surface area contributed by atoms with Crippen LogP contribution >= 0.6 is 0 Å². The van der Waals surface area contributed by atoms with Crippen molar-refractivity contribution in [3.8, 4) is 0 Å². The molecule has 1 saturated heterocycles. The number of nitrogens with zero attached hydrogens (tertiary/aromatic N) is 2. The Hall–Kier alpha value is -1.43. The second-order valence-corrected chi connectivity index (χ2v) is 6.75. The Morgan fingerprint density at radius 1 is 1.25 bits per heavy atom. The molecule has 1 fully saturated rings. The maximum atomic E-state index is 12.4. The molecule has 2 N–H and O–H groups in total. The maximum Gasteiger partial charge on any atom is 0.223 e. The van der Waals surface area contributed by atoms with E-state index in [9.17, 15) is 9.90 Å². The zero-order chi connectivity index (χ0) is 16.8. The maximum absolute atomic E-state index is 12.4. The lowest BCUT2D eigenvalue weighted by Gasteiger charge is -2.36. The lowest BCUT2D eigenvalue weighted by Crippen LogP contribution is -2.47. The molecule has 1 aromatic rings. The number of nitrogens with one attached hydrogen (secondary N) is 1. The van der Waals surface area contributed by atoms with E-state index in [1.54, 1.807) is 0 Å². The van der Waals surface area contributed by atoms with Crippen LogP contribution in [0.3, 0.4) is 0 Å². The number of amides is 1. The van der Waals surface area contributed by atoms with Crippen LogP contribution in [0.2, 0.25) is 0 Å². The molecule has 0 spiro atoms. The number of hydrogen-bond donors (Lipinski definition) is 2. The predicted molar refractivity (Wildman–Crippen MR) is 94.8 cm³/mol. The minimum Gasteiger partial charge on any atom is -0.395 e. The number of piperazine rings is 1. The van der Waals surface area contributed by atoms with Crippen LogP contribution in [0.15, 0.2) is 24.3 Å². The summed E-state index contributed by atoms with van der Waals surface area (Å²) in [6, 6.07) is 8.95. The van der Waals surface area contributed by atoms with Crippen molar-refractivity contribution in [1.29, 1.82) is 0 Å². The third-order valence-electron chi connectivity index (χ3n) is 5.25. The van der Waals surface area contributed by atoms with E-state index in [0.29, 0.717) is 19.0 Å². The Bertz CT molecular complexity index is 543. The number of rotatable bonds is 6. The molecule has 1 aliphatic heterocycles. The van der Waals surface area contributed by atoms with E-state index in [2.05, 4.69) is 34.5 Å². The first-order chi connectivity index (χ1) is 11.8. The van der Waals surface area contributed by atoms with Crippen molar-refractivity contribution in [2.45, 2.75) is 31.7 Å². The van der Waals surface area contributed by atoms with Crippen LogP contribution in [0.25, 0.3) is 0 Å². The number of carbonyl (C=O) groups is 1. The molecular formula is C19H29N3O2. The van der Waals surface area contributed by atoms with Crippen molar-refractivity contribution < 1.29 is 9.90 Å². The molecule has 1 amide bonds. The van der Waals surface area contributed by atoms with Crippen LogP contribution in [0.5, 0.6) is 0 Å². The summed E-state index contributed by atoms with van der Waals surface area (Å²) in [6.07, 6.45) is 3.96. The average molecular weight is 331 g/mol. The Morgan fingerprint density at radius 3 is 2.83 bits per heavy atom. The molecule has 1 aromatic carbocycles. The highest BCUT2D eigenvalue weighted by molar-refractivity contribution is 5.76. The quantitative estimate of drug-likeness (QED) is 0.822. The largest absolute Gasteiger partial charge is 0.395 e. The fourth-order valence-electron chi connectivity index (χ4n) is 3.97. The van der Waals surface area contributed by atoms with Gasteiger partial charge in [-0.2, -0.15) is 0 Å². The average Bonchev–Trinajstić information content (AvgIpc) is 2.65. The molecule has 1 unspecified atom stereocenters. The predicted octanol–water partition coefficient (Wildman–Crippen LogP) is 1.18. The van der Waals surface area contributed by atoms with Crippen molar-refractivity contribution in [3.63, 3.8) is 0 Å². The minimum absolute atomic E-state index is 0.139. The highest BCUT2D eigenvalue weighted by Crippen LogP contribution is 2.34. The number of aryl methyl sites for hydroxylation is 1. The van der Waals surface area contributed by atoms with E-state index >= 15 is 0 Å². The molecular weight excluding hydrogens is 302 g/mol. The zero-order valence-electron chi connectivity index (χ0n) is 14.4. The Labute approximate surface area is 144 Å². The summed E-state index contributed by atoms with van der Waals surface area (Å²) in [6.45, 7) is 4.90. The fourth-order valence-corrected chi connectivity index (χ4v) is 3.97. The molecule has 5 nitrogen and oxygen atoms in total. The van der Waals surface area contributed by atoms with Gasteiger partial charge in [-0.1, -0.05) is 24.3 Å². The summed E-state index contributed by atoms with van der Waals surface area (Å²) in [5.41, 5.74) is 2.80. The molecule has 0 saturated carbocycles. The topological polar surface area (TPSA) is 55.8 Å². The zero-order valence-corrected chi connectivity index (χ0v) is 14.4. The molecule has 132 valence electrons. The van der Waals surface area contributed by atoms with Gasteiger partial charge in [0.15, 0.2) is 0 Å². The molecule has 1 aliphatic carbocycles. The van der Waals surface area contributed by atoms with E-state index in [4.69, 9.17) is 0 Å². The summed E-state index contributed by atoms with van der Waals surface area (Å²) < 4.78 is 0. The van der Waals surface area contributed by atoms with E-state index in [1.165, 1.54) is 17.5 Å². The van der Waals surface area contributed by atoms with E-state index in [1.807, 2.05) is 4.90 Å². The number of benzene rings is 1. The third-order valence-corrected chi connectivity index (χ3v) is 5.25. The van der Waals surface area contributed by atoms with Gasteiger partial charge in [0.05, 0.1) is 6.61 Å². The smallest absolute Gasteiger partial charge is 0.223 e. The first kappa shape index (κ1) is 17.4. The van der Waals surface area contributed by atoms with E-state index in [-0.39, 0.29) is 12.5 Å². The molecule has 3 rings (SSSR count). The Morgan fingerprint density at radius 2 is 2.04 bits per heavy atom. The van der Waals surface area contributed by atoms with Gasteiger partial charge in [-0.3, -0.25) is 9.69 Å². The molecule has 2 aliphatic rings. The minimum atomic E-state index is 0.139. The lowest BCUT2D eigenvalue weighted by atomic mass is 9.86. The van der Waals surface area contributed by atoms with Crippen LogP contribution in [0.1, 0.15) is 36.4 Å². The summed E-state index contributed by atoms with van der Waals surface area (Å²) in [5.74, 6) is 0.239. The van der Waals surface area contributed by atoms with Gasteiger partial charge in [0.1, 0.15) is 0 Å². The normalized spacial score (nSPS) is 20.9. The molecule has 0 bridgehead atoms. The van der Waals surface area contributed by atoms with Crippen LogP contribution < -0.4 is 5.32 Å². The van der Waals surface area contributed by atoms with Gasteiger partial charge < -0.3 is 15.3 Å². The van der Waals surface area contributed by atoms with Crippen molar-refractivity contribution in [2.24, 2.45) is 0 Å². The fraction of sp³-hybridized carbons (Fsp3) is 0.632. The first-order valence-electron chi connectivity index (χ1n) is 9.21.